The lowest BCUT2D eigenvalue weighted by molar-refractivity contribution is 0.102. The first-order valence-corrected chi connectivity index (χ1v) is 10.9. The van der Waals surface area contributed by atoms with Crippen LogP contribution in [0, 0.1) is 18.3 Å². The molecule has 1 amide bonds. The van der Waals surface area contributed by atoms with Gasteiger partial charge in [-0.3, -0.25) is 9.52 Å². The van der Waals surface area contributed by atoms with Crippen LogP contribution in [0.3, 0.4) is 0 Å². The summed E-state index contributed by atoms with van der Waals surface area (Å²) in [7, 11) is -2.33. The second-order valence-electron chi connectivity index (χ2n) is 6.80. The smallest absolute Gasteiger partial charge is 0.261 e. The van der Waals surface area contributed by atoms with Gasteiger partial charge in [-0.15, -0.1) is 0 Å². The summed E-state index contributed by atoms with van der Waals surface area (Å²) in [5, 5.41) is 11.5. The van der Waals surface area contributed by atoms with Gasteiger partial charge >= 0.3 is 0 Å². The van der Waals surface area contributed by atoms with Crippen molar-refractivity contribution in [3.63, 3.8) is 0 Å². The number of ether oxygens (including phenoxy) is 1. The number of carbonyl (C=O) groups is 1. The first kappa shape index (κ1) is 21.9. The van der Waals surface area contributed by atoms with Gasteiger partial charge < -0.3 is 10.1 Å². The Morgan fingerprint density at radius 1 is 1.03 bits per heavy atom. The number of hydrogen-bond donors (Lipinski definition) is 2. The highest BCUT2D eigenvalue weighted by atomic mass is 32.2. The summed E-state index contributed by atoms with van der Waals surface area (Å²) < 4.78 is 33.1. The molecule has 7 nitrogen and oxygen atoms in total. The molecule has 0 aliphatic rings. The van der Waals surface area contributed by atoms with Crippen molar-refractivity contribution in [1.82, 2.24) is 0 Å². The molecule has 0 spiro atoms. The average Bonchev–Trinajstić information content (AvgIpc) is 2.76. The van der Waals surface area contributed by atoms with Gasteiger partial charge in [0.15, 0.2) is 0 Å². The van der Waals surface area contributed by atoms with E-state index in [1.807, 2.05) is 0 Å². The van der Waals surface area contributed by atoms with Crippen LogP contribution in [0.15, 0.2) is 71.6 Å². The number of aryl methyl sites for hydroxylation is 1. The third kappa shape index (κ3) is 5.41. The zero-order valence-corrected chi connectivity index (χ0v) is 17.9. The van der Waals surface area contributed by atoms with Crippen molar-refractivity contribution in [1.29, 1.82) is 5.26 Å². The fraction of sp³-hybridized carbons (Fsp3) is 0.130. The molecule has 158 valence electrons. The van der Waals surface area contributed by atoms with Gasteiger partial charge in [-0.2, -0.15) is 5.26 Å². The van der Waals surface area contributed by atoms with Gasteiger partial charge in [0.1, 0.15) is 5.75 Å². The average molecular weight is 436 g/mol. The number of benzene rings is 3. The van der Waals surface area contributed by atoms with Crippen LogP contribution in [0.4, 0.5) is 11.4 Å². The maximum Gasteiger partial charge on any atom is 0.261 e. The van der Waals surface area contributed by atoms with Crippen molar-refractivity contribution >= 4 is 27.3 Å². The number of rotatable bonds is 7. The summed E-state index contributed by atoms with van der Waals surface area (Å²) >= 11 is 0. The van der Waals surface area contributed by atoms with Crippen molar-refractivity contribution in [3.8, 4) is 11.8 Å². The van der Waals surface area contributed by atoms with E-state index in [0.29, 0.717) is 34.7 Å². The molecule has 3 aromatic rings. The molecule has 0 bridgehead atoms. The molecule has 0 atom stereocenters. The molecule has 0 unspecified atom stereocenters. The number of hydrogen-bond acceptors (Lipinski definition) is 5. The zero-order valence-electron chi connectivity index (χ0n) is 17.0. The lowest BCUT2D eigenvalue weighted by Gasteiger charge is -2.13. The summed E-state index contributed by atoms with van der Waals surface area (Å²) in [6, 6.07) is 19.8. The molecule has 0 heterocycles. The number of sulfonamides is 1. The summed E-state index contributed by atoms with van der Waals surface area (Å²) in [4.78, 5) is 12.7. The number of nitriles is 1. The molecule has 3 rings (SSSR count). The van der Waals surface area contributed by atoms with Gasteiger partial charge in [-0.05, 0) is 66.6 Å². The molecule has 31 heavy (non-hydrogen) atoms. The topological polar surface area (TPSA) is 108 Å². The Morgan fingerprint density at radius 2 is 1.71 bits per heavy atom. The van der Waals surface area contributed by atoms with Crippen molar-refractivity contribution < 1.29 is 17.9 Å². The Labute approximate surface area is 181 Å². The van der Waals surface area contributed by atoms with Crippen LogP contribution < -0.4 is 14.8 Å². The standard InChI is InChI=1S/C23H21N3O4S/c1-16-3-6-18(23(27)25-19-7-4-17(5-8-19)13-14-24)15-22(16)26-31(28,29)21-11-9-20(30-2)10-12-21/h3-12,15,26H,13H2,1-2H3,(H,25,27). The van der Waals surface area contributed by atoms with E-state index in [9.17, 15) is 13.2 Å². The van der Waals surface area contributed by atoms with Crippen LogP contribution in [-0.4, -0.2) is 21.4 Å². The van der Waals surface area contributed by atoms with E-state index in [2.05, 4.69) is 16.1 Å². The Kier molecular flexibility index (Phi) is 6.58. The highest BCUT2D eigenvalue weighted by Crippen LogP contribution is 2.23. The maximum atomic E-state index is 12.7. The summed E-state index contributed by atoms with van der Waals surface area (Å²) in [6.45, 7) is 1.75. The van der Waals surface area contributed by atoms with Crippen LogP contribution in [0.1, 0.15) is 21.5 Å². The Bertz CT molecular complexity index is 1230. The molecule has 0 aliphatic carbocycles. The number of methoxy groups -OCH3 is 1. The van der Waals surface area contributed by atoms with Gasteiger partial charge in [-0.1, -0.05) is 18.2 Å². The molecule has 3 aromatic carbocycles. The predicted octanol–water partition coefficient (Wildman–Crippen LogP) is 4.12. The van der Waals surface area contributed by atoms with E-state index in [0.717, 1.165) is 5.56 Å². The van der Waals surface area contributed by atoms with Crippen LogP contribution >= 0.6 is 0 Å². The summed E-state index contributed by atoms with van der Waals surface area (Å²) in [5.74, 6) is 0.174. The number of nitrogens with one attached hydrogen (secondary N) is 2. The predicted molar refractivity (Wildman–Crippen MR) is 119 cm³/mol. The van der Waals surface area contributed by atoms with Crippen molar-refractivity contribution in [3.05, 3.63) is 83.4 Å². The molecule has 0 radical (unpaired) electrons. The highest BCUT2D eigenvalue weighted by molar-refractivity contribution is 7.92. The van der Waals surface area contributed by atoms with E-state index < -0.39 is 10.0 Å². The molecule has 0 fully saturated rings. The van der Waals surface area contributed by atoms with Crippen LogP contribution in [0.5, 0.6) is 5.75 Å². The van der Waals surface area contributed by atoms with E-state index in [1.165, 1.54) is 25.3 Å². The zero-order chi connectivity index (χ0) is 22.4. The van der Waals surface area contributed by atoms with Gasteiger partial charge in [0, 0.05) is 11.3 Å². The van der Waals surface area contributed by atoms with Gasteiger partial charge in [0.25, 0.3) is 15.9 Å². The Balaban J connectivity index is 1.78. The Hall–Kier alpha value is -3.83. The SMILES string of the molecule is COc1ccc(S(=O)(=O)Nc2cc(C(=O)Nc3ccc(CC#N)cc3)ccc2C)cc1. The summed E-state index contributed by atoms with van der Waals surface area (Å²) in [6.07, 6.45) is 0.296. The highest BCUT2D eigenvalue weighted by Gasteiger charge is 2.17. The van der Waals surface area contributed by atoms with E-state index in [4.69, 9.17) is 10.00 Å². The first-order valence-electron chi connectivity index (χ1n) is 9.37. The van der Waals surface area contributed by atoms with E-state index in [1.54, 1.807) is 55.5 Å². The minimum absolute atomic E-state index is 0.0833. The molecule has 8 heteroatoms. The van der Waals surface area contributed by atoms with Crippen LogP contribution in [0.2, 0.25) is 0 Å². The molecule has 0 saturated carbocycles. The third-order valence-electron chi connectivity index (χ3n) is 4.61. The number of amides is 1. The molecule has 0 aromatic heterocycles. The van der Waals surface area contributed by atoms with Gasteiger partial charge in [-0.25, -0.2) is 8.42 Å². The summed E-state index contributed by atoms with van der Waals surface area (Å²) in [5.41, 5.74) is 2.72. The largest absolute Gasteiger partial charge is 0.497 e. The normalized spacial score (nSPS) is 10.7. The van der Waals surface area contributed by atoms with Crippen LogP contribution in [0.25, 0.3) is 0 Å². The maximum absolute atomic E-state index is 12.7. The molecular formula is C23H21N3O4S. The third-order valence-corrected chi connectivity index (χ3v) is 5.99. The molecular weight excluding hydrogens is 414 g/mol. The second-order valence-corrected chi connectivity index (χ2v) is 8.48. The molecule has 2 N–H and O–H groups in total. The lowest BCUT2D eigenvalue weighted by Crippen LogP contribution is -2.16. The number of carbonyl (C=O) groups excluding carboxylic acids is 1. The lowest BCUT2D eigenvalue weighted by atomic mass is 10.1. The van der Waals surface area contributed by atoms with E-state index >= 15 is 0 Å². The number of anilines is 2. The monoisotopic (exact) mass is 435 g/mol. The van der Waals surface area contributed by atoms with Crippen molar-refractivity contribution in [2.24, 2.45) is 0 Å². The quantitative estimate of drug-likeness (QED) is 0.580. The van der Waals surface area contributed by atoms with Crippen LogP contribution in [-0.2, 0) is 16.4 Å². The minimum atomic E-state index is -3.84. The van der Waals surface area contributed by atoms with Gasteiger partial charge in [0.05, 0.1) is 30.2 Å². The van der Waals surface area contributed by atoms with E-state index in [-0.39, 0.29) is 10.8 Å². The Morgan fingerprint density at radius 3 is 2.32 bits per heavy atom. The van der Waals surface area contributed by atoms with Crippen molar-refractivity contribution in [2.75, 3.05) is 17.1 Å². The van der Waals surface area contributed by atoms with Gasteiger partial charge in [0.2, 0.25) is 0 Å². The number of nitrogens with zero attached hydrogens (tertiary/aromatic N) is 1. The van der Waals surface area contributed by atoms with Crippen molar-refractivity contribution in [2.45, 2.75) is 18.2 Å². The minimum Gasteiger partial charge on any atom is -0.497 e. The fourth-order valence-corrected chi connectivity index (χ4v) is 3.95. The second kappa shape index (κ2) is 9.32. The molecule has 0 aliphatic heterocycles. The molecule has 0 saturated heterocycles. The fourth-order valence-electron chi connectivity index (χ4n) is 2.83. The first-order chi connectivity index (χ1) is 14.8.